The molecule has 0 aliphatic carbocycles. The summed E-state index contributed by atoms with van der Waals surface area (Å²) in [5, 5.41) is 0. The van der Waals surface area contributed by atoms with E-state index in [1.807, 2.05) is 73.5 Å². The number of carbonyl (C=O) groups excluding carboxylic acids is 1. The van der Waals surface area contributed by atoms with Gasteiger partial charge in [0.05, 0.1) is 0 Å². The van der Waals surface area contributed by atoms with E-state index in [2.05, 4.69) is 0 Å². The van der Waals surface area contributed by atoms with Gasteiger partial charge >= 0.3 is 0 Å². The Morgan fingerprint density at radius 3 is 2.55 bits per heavy atom. The van der Waals surface area contributed by atoms with Crippen LogP contribution in [0.4, 0.5) is 0 Å². The van der Waals surface area contributed by atoms with Crippen molar-refractivity contribution in [1.29, 1.82) is 0 Å². The third-order valence-corrected chi connectivity index (χ3v) is 3.53. The van der Waals surface area contributed by atoms with Crippen molar-refractivity contribution < 1.29 is 9.53 Å². The topological polar surface area (TPSA) is 55.6 Å². The number of likely N-dealkylation sites (N-methyl/N-ethyl adjacent to an activating group) is 1. The summed E-state index contributed by atoms with van der Waals surface area (Å²) < 4.78 is 5.73. The average molecular weight is 298 g/mol. The summed E-state index contributed by atoms with van der Waals surface area (Å²) in [6, 6.07) is 17.0. The second kappa shape index (κ2) is 7.61. The van der Waals surface area contributed by atoms with Gasteiger partial charge in [-0.2, -0.15) is 0 Å². The van der Waals surface area contributed by atoms with Crippen LogP contribution in [0.1, 0.15) is 17.2 Å². The fourth-order valence-electron chi connectivity index (χ4n) is 2.41. The van der Waals surface area contributed by atoms with Crippen LogP contribution in [0, 0.1) is 6.92 Å². The molecule has 2 aromatic rings. The first kappa shape index (κ1) is 16.0. The summed E-state index contributed by atoms with van der Waals surface area (Å²) in [6.07, 6.45) is 0. The van der Waals surface area contributed by atoms with Gasteiger partial charge in [-0.05, 0) is 37.2 Å². The lowest BCUT2D eigenvalue weighted by Crippen LogP contribution is -2.37. The molecule has 0 heterocycles. The van der Waals surface area contributed by atoms with Crippen LogP contribution in [0.5, 0.6) is 5.75 Å². The number of rotatable bonds is 7. The molecule has 1 amide bonds. The molecule has 4 heteroatoms. The van der Waals surface area contributed by atoms with Crippen molar-refractivity contribution in [3.05, 3.63) is 65.7 Å². The van der Waals surface area contributed by atoms with Gasteiger partial charge in [-0.3, -0.25) is 9.69 Å². The maximum atomic E-state index is 11.8. The Morgan fingerprint density at radius 1 is 1.18 bits per heavy atom. The number of primary amides is 1. The van der Waals surface area contributed by atoms with Gasteiger partial charge in [0.1, 0.15) is 18.4 Å². The molecule has 0 fully saturated rings. The van der Waals surface area contributed by atoms with E-state index in [0.29, 0.717) is 13.2 Å². The third kappa shape index (κ3) is 4.33. The molecule has 0 aliphatic heterocycles. The monoisotopic (exact) mass is 298 g/mol. The van der Waals surface area contributed by atoms with Gasteiger partial charge in [0.15, 0.2) is 0 Å². The van der Waals surface area contributed by atoms with E-state index in [1.54, 1.807) is 0 Å². The minimum Gasteiger partial charge on any atom is -0.492 e. The quantitative estimate of drug-likeness (QED) is 0.854. The Bertz CT molecular complexity index is 613. The molecule has 0 aliphatic rings. The molecule has 0 saturated carbocycles. The van der Waals surface area contributed by atoms with Crippen LogP contribution in [0.2, 0.25) is 0 Å². The van der Waals surface area contributed by atoms with Crippen molar-refractivity contribution in [2.75, 3.05) is 20.2 Å². The van der Waals surface area contributed by atoms with Crippen molar-refractivity contribution in [3.63, 3.8) is 0 Å². The lowest BCUT2D eigenvalue weighted by Gasteiger charge is -2.25. The van der Waals surface area contributed by atoms with Crippen LogP contribution >= 0.6 is 0 Å². The smallest absolute Gasteiger partial charge is 0.239 e. The van der Waals surface area contributed by atoms with Crippen molar-refractivity contribution in [2.45, 2.75) is 13.0 Å². The van der Waals surface area contributed by atoms with Crippen LogP contribution in [0.3, 0.4) is 0 Å². The van der Waals surface area contributed by atoms with Gasteiger partial charge < -0.3 is 10.5 Å². The molecule has 0 aromatic heterocycles. The van der Waals surface area contributed by atoms with Crippen LogP contribution in [0.25, 0.3) is 0 Å². The molecule has 2 aromatic carbocycles. The second-order valence-electron chi connectivity index (χ2n) is 5.36. The number of nitrogens with zero attached hydrogens (tertiary/aromatic N) is 1. The van der Waals surface area contributed by atoms with E-state index in [0.717, 1.165) is 16.9 Å². The fraction of sp³-hybridized carbons (Fsp3) is 0.278. The van der Waals surface area contributed by atoms with Crippen molar-refractivity contribution in [3.8, 4) is 5.75 Å². The first-order valence-corrected chi connectivity index (χ1v) is 7.32. The maximum absolute atomic E-state index is 11.8. The van der Waals surface area contributed by atoms with Crippen LogP contribution in [-0.4, -0.2) is 31.0 Å². The molecule has 2 N–H and O–H groups in total. The molecule has 0 bridgehead atoms. The Kier molecular flexibility index (Phi) is 5.55. The SMILES string of the molecule is Cc1cccc(OCCN(C)C(C(N)=O)c2ccccc2)c1. The molecule has 2 rings (SSSR count). The minimum absolute atomic E-state index is 0.357. The largest absolute Gasteiger partial charge is 0.492 e. The Morgan fingerprint density at radius 2 is 1.91 bits per heavy atom. The van der Waals surface area contributed by atoms with Crippen molar-refractivity contribution >= 4 is 5.91 Å². The van der Waals surface area contributed by atoms with Crippen LogP contribution < -0.4 is 10.5 Å². The van der Waals surface area contributed by atoms with E-state index in [4.69, 9.17) is 10.5 Å². The molecular weight excluding hydrogens is 276 g/mol. The number of carbonyl (C=O) groups is 1. The molecule has 4 nitrogen and oxygen atoms in total. The average Bonchev–Trinajstić information content (AvgIpc) is 2.48. The maximum Gasteiger partial charge on any atom is 0.239 e. The summed E-state index contributed by atoms with van der Waals surface area (Å²) in [4.78, 5) is 13.7. The van der Waals surface area contributed by atoms with Crippen molar-refractivity contribution in [1.82, 2.24) is 4.90 Å². The number of hydrogen-bond acceptors (Lipinski definition) is 3. The number of aryl methyl sites for hydroxylation is 1. The zero-order chi connectivity index (χ0) is 15.9. The summed E-state index contributed by atoms with van der Waals surface area (Å²) in [7, 11) is 1.88. The van der Waals surface area contributed by atoms with Gasteiger partial charge in [0.2, 0.25) is 5.91 Å². The first-order chi connectivity index (χ1) is 10.6. The molecule has 116 valence electrons. The Labute approximate surface area is 131 Å². The standard InChI is InChI=1S/C18H22N2O2/c1-14-7-6-10-16(13-14)22-12-11-20(2)17(18(19)21)15-8-4-3-5-9-15/h3-10,13,17H,11-12H2,1-2H3,(H2,19,21). The van der Waals surface area contributed by atoms with E-state index in [-0.39, 0.29) is 5.91 Å². The molecule has 1 unspecified atom stereocenters. The van der Waals surface area contributed by atoms with Gasteiger partial charge in [-0.15, -0.1) is 0 Å². The van der Waals surface area contributed by atoms with Crippen molar-refractivity contribution in [2.24, 2.45) is 5.73 Å². The lowest BCUT2D eigenvalue weighted by molar-refractivity contribution is -0.123. The lowest BCUT2D eigenvalue weighted by atomic mass is 10.1. The number of benzene rings is 2. The second-order valence-corrected chi connectivity index (χ2v) is 5.36. The summed E-state index contributed by atoms with van der Waals surface area (Å²) in [5.74, 6) is 0.480. The van der Waals surface area contributed by atoms with Gasteiger partial charge in [-0.1, -0.05) is 42.5 Å². The minimum atomic E-state index is -0.442. The highest BCUT2D eigenvalue weighted by Crippen LogP contribution is 2.19. The van der Waals surface area contributed by atoms with Crippen LogP contribution in [0.15, 0.2) is 54.6 Å². The van der Waals surface area contributed by atoms with E-state index < -0.39 is 6.04 Å². The number of amides is 1. The highest BCUT2D eigenvalue weighted by molar-refractivity contribution is 5.81. The Hall–Kier alpha value is -2.33. The summed E-state index contributed by atoms with van der Waals surface area (Å²) in [5.41, 5.74) is 7.60. The zero-order valence-corrected chi connectivity index (χ0v) is 13.0. The third-order valence-electron chi connectivity index (χ3n) is 3.53. The van der Waals surface area contributed by atoms with Gasteiger partial charge in [0, 0.05) is 6.54 Å². The van der Waals surface area contributed by atoms with Gasteiger partial charge in [0.25, 0.3) is 0 Å². The first-order valence-electron chi connectivity index (χ1n) is 7.32. The molecular formula is C18H22N2O2. The highest BCUT2D eigenvalue weighted by atomic mass is 16.5. The predicted octanol–water partition coefficient (Wildman–Crippen LogP) is 2.53. The van der Waals surface area contributed by atoms with E-state index >= 15 is 0 Å². The van der Waals surface area contributed by atoms with E-state index in [1.165, 1.54) is 0 Å². The zero-order valence-electron chi connectivity index (χ0n) is 13.0. The molecule has 0 radical (unpaired) electrons. The normalized spacial score (nSPS) is 12.1. The number of hydrogen-bond donors (Lipinski definition) is 1. The summed E-state index contributed by atoms with van der Waals surface area (Å²) >= 11 is 0. The number of nitrogens with two attached hydrogens (primary N) is 1. The molecule has 0 spiro atoms. The fourth-order valence-corrected chi connectivity index (χ4v) is 2.41. The Balaban J connectivity index is 1.94. The summed E-state index contributed by atoms with van der Waals surface area (Å²) in [6.45, 7) is 3.13. The van der Waals surface area contributed by atoms with Gasteiger partial charge in [-0.25, -0.2) is 0 Å². The van der Waals surface area contributed by atoms with E-state index in [9.17, 15) is 4.79 Å². The highest BCUT2D eigenvalue weighted by Gasteiger charge is 2.22. The number of ether oxygens (including phenoxy) is 1. The molecule has 22 heavy (non-hydrogen) atoms. The van der Waals surface area contributed by atoms with Crippen LogP contribution in [-0.2, 0) is 4.79 Å². The predicted molar refractivity (Wildman–Crippen MR) is 87.7 cm³/mol. The molecule has 0 saturated heterocycles. The molecule has 1 atom stereocenters.